The number of aliphatic hydroxyl groups excluding tert-OH is 1. The van der Waals surface area contributed by atoms with Gasteiger partial charge in [-0.2, -0.15) is 0 Å². The summed E-state index contributed by atoms with van der Waals surface area (Å²) in [5.74, 6) is 1.21. The summed E-state index contributed by atoms with van der Waals surface area (Å²) in [4.78, 5) is 4.37. The number of pyridine rings is 1. The molecule has 0 spiro atoms. The van der Waals surface area contributed by atoms with E-state index in [-0.39, 0.29) is 6.61 Å². The van der Waals surface area contributed by atoms with Crippen LogP contribution in [0.15, 0.2) is 28.7 Å². The smallest absolute Gasteiger partial charge is 0.225 e. The van der Waals surface area contributed by atoms with Gasteiger partial charge < -0.3 is 9.84 Å². The first kappa shape index (κ1) is 14.0. The van der Waals surface area contributed by atoms with E-state index in [2.05, 4.69) is 20.9 Å². The van der Waals surface area contributed by atoms with Crippen molar-refractivity contribution < 1.29 is 9.84 Å². The highest BCUT2D eigenvalue weighted by molar-refractivity contribution is 9.10. The third-order valence-corrected chi connectivity index (χ3v) is 3.45. The summed E-state index contributed by atoms with van der Waals surface area (Å²) in [5.41, 5.74) is 3.60. The number of hydrogen-bond acceptors (Lipinski definition) is 3. The van der Waals surface area contributed by atoms with Gasteiger partial charge in [0, 0.05) is 15.7 Å². The van der Waals surface area contributed by atoms with Crippen LogP contribution < -0.4 is 4.74 Å². The van der Waals surface area contributed by atoms with Gasteiger partial charge in [0.2, 0.25) is 5.88 Å². The number of benzene rings is 1. The highest BCUT2D eigenvalue weighted by Gasteiger charge is 2.11. The maximum absolute atomic E-state index is 9.46. The van der Waals surface area contributed by atoms with Crippen LogP contribution in [0.4, 0.5) is 0 Å². The molecule has 2 rings (SSSR count). The average Bonchev–Trinajstić information content (AvgIpc) is 2.33. The van der Waals surface area contributed by atoms with E-state index in [0.29, 0.717) is 5.88 Å². The summed E-state index contributed by atoms with van der Waals surface area (Å²) in [6.07, 6.45) is 0. The van der Waals surface area contributed by atoms with Gasteiger partial charge in [0.1, 0.15) is 5.75 Å². The predicted octanol–water partition coefficient (Wildman–Crippen LogP) is 4.05. The number of rotatable bonds is 3. The Kier molecular flexibility index (Phi) is 4.22. The SMILES string of the molecule is Cc1cc(C)c(CO)c(Oc2cc(Br)ccc2C)n1. The molecule has 1 aromatic heterocycles. The van der Waals surface area contributed by atoms with Crippen LogP contribution in [-0.4, -0.2) is 10.1 Å². The fourth-order valence-corrected chi connectivity index (χ4v) is 2.23. The molecule has 19 heavy (non-hydrogen) atoms. The Morgan fingerprint density at radius 1 is 1.16 bits per heavy atom. The van der Waals surface area contributed by atoms with Crippen LogP contribution in [0.25, 0.3) is 0 Å². The molecule has 1 N–H and O–H groups in total. The molecule has 1 aromatic carbocycles. The van der Waals surface area contributed by atoms with Crippen molar-refractivity contribution in [1.29, 1.82) is 0 Å². The molecule has 2 aromatic rings. The molecule has 1 heterocycles. The normalized spacial score (nSPS) is 10.6. The third-order valence-electron chi connectivity index (χ3n) is 2.95. The molecule has 0 fully saturated rings. The standard InChI is InChI=1S/C15H16BrNO2/c1-9-4-5-12(16)7-14(9)19-15-13(8-18)10(2)6-11(3)17-15/h4-7,18H,8H2,1-3H3. The van der Waals surface area contributed by atoms with Crippen LogP contribution in [-0.2, 0) is 6.61 Å². The van der Waals surface area contributed by atoms with Gasteiger partial charge in [-0.05, 0) is 50.1 Å². The van der Waals surface area contributed by atoms with Gasteiger partial charge in [-0.15, -0.1) is 0 Å². The Hall–Kier alpha value is -1.39. The Balaban J connectivity index is 2.45. The minimum Gasteiger partial charge on any atom is -0.438 e. The lowest BCUT2D eigenvalue weighted by atomic mass is 10.1. The van der Waals surface area contributed by atoms with Crippen LogP contribution >= 0.6 is 15.9 Å². The number of aliphatic hydroxyl groups is 1. The van der Waals surface area contributed by atoms with Gasteiger partial charge in [0.05, 0.1) is 6.61 Å². The van der Waals surface area contributed by atoms with Crippen molar-refractivity contribution in [2.24, 2.45) is 0 Å². The Morgan fingerprint density at radius 2 is 1.89 bits per heavy atom. The van der Waals surface area contributed by atoms with Crippen molar-refractivity contribution in [2.75, 3.05) is 0 Å². The van der Waals surface area contributed by atoms with Gasteiger partial charge >= 0.3 is 0 Å². The molecule has 0 atom stereocenters. The second-order valence-electron chi connectivity index (χ2n) is 4.53. The zero-order valence-electron chi connectivity index (χ0n) is 11.2. The Morgan fingerprint density at radius 3 is 2.58 bits per heavy atom. The molecule has 0 amide bonds. The predicted molar refractivity (Wildman–Crippen MR) is 78.6 cm³/mol. The molecule has 0 aliphatic heterocycles. The number of halogens is 1. The molecule has 0 saturated heterocycles. The molecule has 3 nitrogen and oxygen atoms in total. The summed E-state index contributed by atoms with van der Waals surface area (Å²) >= 11 is 3.42. The first-order valence-electron chi connectivity index (χ1n) is 6.03. The van der Waals surface area contributed by atoms with Crippen molar-refractivity contribution in [1.82, 2.24) is 4.98 Å². The van der Waals surface area contributed by atoms with E-state index in [1.807, 2.05) is 45.0 Å². The quantitative estimate of drug-likeness (QED) is 0.927. The summed E-state index contributed by atoms with van der Waals surface area (Å²) in [5, 5.41) is 9.46. The molecular formula is C15H16BrNO2. The van der Waals surface area contributed by atoms with Gasteiger partial charge in [0.25, 0.3) is 0 Å². The van der Waals surface area contributed by atoms with Gasteiger partial charge in [-0.3, -0.25) is 0 Å². The lowest BCUT2D eigenvalue weighted by Crippen LogP contribution is -2.00. The molecule has 0 radical (unpaired) electrons. The lowest BCUT2D eigenvalue weighted by Gasteiger charge is -2.13. The van der Waals surface area contributed by atoms with Crippen LogP contribution in [0.3, 0.4) is 0 Å². The van der Waals surface area contributed by atoms with Gasteiger partial charge in [0.15, 0.2) is 0 Å². The van der Waals surface area contributed by atoms with Crippen LogP contribution in [0, 0.1) is 20.8 Å². The number of ether oxygens (including phenoxy) is 1. The zero-order valence-corrected chi connectivity index (χ0v) is 12.8. The van der Waals surface area contributed by atoms with E-state index in [1.54, 1.807) is 0 Å². The highest BCUT2D eigenvalue weighted by Crippen LogP contribution is 2.30. The van der Waals surface area contributed by atoms with Crippen LogP contribution in [0.5, 0.6) is 11.6 Å². The van der Waals surface area contributed by atoms with Crippen molar-refractivity contribution in [3.05, 3.63) is 51.1 Å². The molecule has 4 heteroatoms. The molecule has 0 aliphatic carbocycles. The maximum atomic E-state index is 9.46. The largest absolute Gasteiger partial charge is 0.438 e. The topological polar surface area (TPSA) is 42.4 Å². The van der Waals surface area contributed by atoms with E-state index >= 15 is 0 Å². The average molecular weight is 322 g/mol. The first-order chi connectivity index (χ1) is 9.01. The minimum atomic E-state index is -0.0818. The van der Waals surface area contributed by atoms with Crippen LogP contribution in [0.1, 0.15) is 22.4 Å². The minimum absolute atomic E-state index is 0.0818. The lowest BCUT2D eigenvalue weighted by molar-refractivity contribution is 0.274. The summed E-state index contributed by atoms with van der Waals surface area (Å²) < 4.78 is 6.82. The second kappa shape index (κ2) is 5.72. The molecule has 0 aliphatic rings. The number of aromatic nitrogens is 1. The van der Waals surface area contributed by atoms with Crippen molar-refractivity contribution in [3.63, 3.8) is 0 Å². The Labute approximate surface area is 121 Å². The monoisotopic (exact) mass is 321 g/mol. The van der Waals surface area contributed by atoms with E-state index < -0.39 is 0 Å². The van der Waals surface area contributed by atoms with E-state index in [4.69, 9.17) is 4.74 Å². The molecule has 0 bridgehead atoms. The summed E-state index contributed by atoms with van der Waals surface area (Å²) in [6.45, 7) is 5.75. The third kappa shape index (κ3) is 3.14. The summed E-state index contributed by atoms with van der Waals surface area (Å²) in [6, 6.07) is 7.77. The number of hydrogen-bond donors (Lipinski definition) is 1. The molecule has 0 unspecified atom stereocenters. The van der Waals surface area contributed by atoms with Crippen molar-refractivity contribution in [2.45, 2.75) is 27.4 Å². The van der Waals surface area contributed by atoms with E-state index in [1.165, 1.54) is 0 Å². The van der Waals surface area contributed by atoms with Gasteiger partial charge in [-0.25, -0.2) is 4.98 Å². The molecule has 0 saturated carbocycles. The van der Waals surface area contributed by atoms with Crippen LogP contribution in [0.2, 0.25) is 0 Å². The fourth-order valence-electron chi connectivity index (χ4n) is 1.89. The fraction of sp³-hybridized carbons (Fsp3) is 0.267. The summed E-state index contributed by atoms with van der Waals surface area (Å²) in [7, 11) is 0. The van der Waals surface area contributed by atoms with E-state index in [0.717, 1.165) is 32.6 Å². The van der Waals surface area contributed by atoms with E-state index in [9.17, 15) is 5.11 Å². The second-order valence-corrected chi connectivity index (χ2v) is 5.45. The first-order valence-corrected chi connectivity index (χ1v) is 6.82. The molecule has 100 valence electrons. The van der Waals surface area contributed by atoms with Crippen molar-refractivity contribution in [3.8, 4) is 11.6 Å². The zero-order chi connectivity index (χ0) is 14.0. The highest BCUT2D eigenvalue weighted by atomic mass is 79.9. The number of nitrogens with zero attached hydrogens (tertiary/aromatic N) is 1. The Bertz CT molecular complexity index is 611. The maximum Gasteiger partial charge on any atom is 0.225 e. The van der Waals surface area contributed by atoms with Gasteiger partial charge in [-0.1, -0.05) is 22.0 Å². The molecular weight excluding hydrogens is 306 g/mol. The number of aryl methyl sites for hydroxylation is 3. The van der Waals surface area contributed by atoms with Crippen molar-refractivity contribution >= 4 is 15.9 Å².